The second kappa shape index (κ2) is 7.94. The van der Waals surface area contributed by atoms with Crippen molar-refractivity contribution in [2.45, 2.75) is 37.1 Å². The minimum atomic E-state index is -3.93. The van der Waals surface area contributed by atoms with Gasteiger partial charge in [0.2, 0.25) is 10.0 Å². The van der Waals surface area contributed by atoms with Crippen LogP contribution < -0.4 is 9.62 Å². The van der Waals surface area contributed by atoms with E-state index < -0.39 is 22.0 Å². The number of aliphatic carboxylic acids is 1. The zero-order valence-corrected chi connectivity index (χ0v) is 15.2. The molecule has 0 amide bonds. The summed E-state index contributed by atoms with van der Waals surface area (Å²) in [5.74, 6) is -1.17. The van der Waals surface area contributed by atoms with Crippen LogP contribution in [0.2, 0.25) is 0 Å². The molecule has 0 aliphatic carbocycles. The van der Waals surface area contributed by atoms with Crippen LogP contribution in [0.1, 0.15) is 26.2 Å². The summed E-state index contributed by atoms with van der Waals surface area (Å²) >= 11 is 3.21. The first kappa shape index (κ1) is 18.9. The summed E-state index contributed by atoms with van der Waals surface area (Å²) in [5.41, 5.74) is 0.712. The highest BCUT2D eigenvalue weighted by Gasteiger charge is 2.26. The first-order valence-electron chi connectivity index (χ1n) is 6.91. The summed E-state index contributed by atoms with van der Waals surface area (Å²) in [7, 11) is -0.326. The molecule has 1 aromatic carbocycles. The van der Waals surface area contributed by atoms with Gasteiger partial charge in [-0.2, -0.15) is 4.72 Å². The van der Waals surface area contributed by atoms with Crippen molar-refractivity contribution in [1.29, 1.82) is 0 Å². The van der Waals surface area contributed by atoms with Crippen molar-refractivity contribution in [2.24, 2.45) is 0 Å². The molecular weight excluding hydrogens is 372 g/mol. The molecule has 0 aliphatic heterocycles. The first-order chi connectivity index (χ1) is 10.2. The lowest BCUT2D eigenvalue weighted by Crippen LogP contribution is -2.40. The molecule has 2 N–H and O–H groups in total. The Balaban J connectivity index is 3.12. The van der Waals surface area contributed by atoms with Gasteiger partial charge in [0.1, 0.15) is 6.04 Å². The lowest BCUT2D eigenvalue weighted by Gasteiger charge is -2.18. The molecule has 0 aromatic heterocycles. The van der Waals surface area contributed by atoms with Crippen LogP contribution in [0.4, 0.5) is 5.69 Å². The van der Waals surface area contributed by atoms with Crippen LogP contribution in [0.3, 0.4) is 0 Å². The number of carboxylic acid groups (broad SMARTS) is 1. The number of hydrogen-bond donors (Lipinski definition) is 2. The molecular formula is C14H21BrN2O4S. The average molecular weight is 393 g/mol. The highest BCUT2D eigenvalue weighted by Crippen LogP contribution is 2.27. The number of benzene rings is 1. The zero-order valence-electron chi connectivity index (χ0n) is 12.8. The molecule has 0 bridgehead atoms. The van der Waals surface area contributed by atoms with Gasteiger partial charge in [0.15, 0.2) is 0 Å². The quantitative estimate of drug-likeness (QED) is 0.709. The van der Waals surface area contributed by atoms with Crippen molar-refractivity contribution in [2.75, 3.05) is 19.0 Å². The molecule has 0 radical (unpaired) electrons. The van der Waals surface area contributed by atoms with Gasteiger partial charge in [-0.1, -0.05) is 19.8 Å². The van der Waals surface area contributed by atoms with E-state index in [1.807, 2.05) is 6.92 Å². The van der Waals surface area contributed by atoms with Crippen molar-refractivity contribution in [3.05, 3.63) is 22.7 Å². The fraction of sp³-hybridized carbons (Fsp3) is 0.500. The van der Waals surface area contributed by atoms with Crippen LogP contribution in [0.25, 0.3) is 0 Å². The summed E-state index contributed by atoms with van der Waals surface area (Å²) in [5, 5.41) is 9.18. The molecule has 0 spiro atoms. The number of unbranched alkanes of at least 4 members (excludes halogenated alkanes) is 1. The number of nitrogens with zero attached hydrogens (tertiary/aromatic N) is 1. The Kier molecular flexibility index (Phi) is 6.83. The predicted octanol–water partition coefficient (Wildman–Crippen LogP) is 2.44. The highest BCUT2D eigenvalue weighted by atomic mass is 79.9. The number of anilines is 1. The summed E-state index contributed by atoms with van der Waals surface area (Å²) in [4.78, 5) is 13.0. The van der Waals surface area contributed by atoms with Gasteiger partial charge in [0, 0.05) is 24.3 Å². The van der Waals surface area contributed by atoms with Gasteiger partial charge in [-0.15, -0.1) is 0 Å². The van der Waals surface area contributed by atoms with Crippen molar-refractivity contribution >= 4 is 37.6 Å². The van der Waals surface area contributed by atoms with Gasteiger partial charge in [-0.05, 0) is 40.5 Å². The predicted molar refractivity (Wildman–Crippen MR) is 89.7 cm³/mol. The number of sulfonamides is 1. The van der Waals surface area contributed by atoms with E-state index in [9.17, 15) is 18.3 Å². The summed E-state index contributed by atoms with van der Waals surface area (Å²) in [6, 6.07) is 3.78. The SMILES string of the molecule is CCCCC(NS(=O)(=O)c1cc(N(C)C)ccc1Br)C(=O)O. The third kappa shape index (κ3) is 4.96. The highest BCUT2D eigenvalue weighted by molar-refractivity contribution is 9.10. The Morgan fingerprint density at radius 2 is 2.05 bits per heavy atom. The van der Waals surface area contributed by atoms with Crippen LogP contribution in [0.15, 0.2) is 27.6 Å². The van der Waals surface area contributed by atoms with E-state index in [2.05, 4.69) is 20.7 Å². The van der Waals surface area contributed by atoms with Gasteiger partial charge in [-0.25, -0.2) is 8.42 Å². The summed E-state index contributed by atoms with van der Waals surface area (Å²) in [6.45, 7) is 1.92. The summed E-state index contributed by atoms with van der Waals surface area (Å²) in [6.07, 6.45) is 1.69. The molecule has 0 fully saturated rings. The van der Waals surface area contributed by atoms with E-state index >= 15 is 0 Å². The Hall–Kier alpha value is -1.12. The second-order valence-electron chi connectivity index (χ2n) is 5.16. The van der Waals surface area contributed by atoms with Gasteiger partial charge in [0.05, 0.1) is 4.90 Å². The normalized spacial score (nSPS) is 12.9. The van der Waals surface area contributed by atoms with Crippen LogP contribution >= 0.6 is 15.9 Å². The minimum Gasteiger partial charge on any atom is -0.480 e. The van der Waals surface area contributed by atoms with E-state index in [4.69, 9.17) is 0 Å². The molecule has 124 valence electrons. The van der Waals surface area contributed by atoms with E-state index in [1.54, 1.807) is 31.1 Å². The monoisotopic (exact) mass is 392 g/mol. The van der Waals surface area contributed by atoms with Gasteiger partial charge in [-0.3, -0.25) is 4.79 Å². The van der Waals surface area contributed by atoms with Gasteiger partial charge in [0.25, 0.3) is 0 Å². The average Bonchev–Trinajstić information content (AvgIpc) is 2.43. The number of rotatable bonds is 8. The van der Waals surface area contributed by atoms with Crippen LogP contribution in [0.5, 0.6) is 0 Å². The standard InChI is InChI=1S/C14H21BrN2O4S/c1-4-5-6-12(14(18)19)16-22(20,21)13-9-10(17(2)3)7-8-11(13)15/h7-9,12,16H,4-6H2,1-3H3,(H,18,19). The molecule has 8 heteroatoms. The number of nitrogens with one attached hydrogen (secondary N) is 1. The van der Waals surface area contributed by atoms with Crippen molar-refractivity contribution in [3.63, 3.8) is 0 Å². The Bertz CT molecular complexity index is 632. The van der Waals surface area contributed by atoms with Crippen LogP contribution in [0, 0.1) is 0 Å². The fourth-order valence-electron chi connectivity index (χ4n) is 1.87. The van der Waals surface area contributed by atoms with Gasteiger partial charge >= 0.3 is 5.97 Å². The maximum Gasteiger partial charge on any atom is 0.321 e. The number of carbonyl (C=O) groups is 1. The molecule has 1 unspecified atom stereocenters. The zero-order chi connectivity index (χ0) is 16.9. The van der Waals surface area contributed by atoms with Crippen molar-refractivity contribution in [1.82, 2.24) is 4.72 Å². The minimum absolute atomic E-state index is 0.0291. The number of halogens is 1. The Morgan fingerprint density at radius 1 is 1.41 bits per heavy atom. The topological polar surface area (TPSA) is 86.7 Å². The number of hydrogen-bond acceptors (Lipinski definition) is 4. The maximum atomic E-state index is 12.5. The number of carboxylic acids is 1. The van der Waals surface area contributed by atoms with E-state index in [1.165, 1.54) is 6.07 Å². The smallest absolute Gasteiger partial charge is 0.321 e. The first-order valence-corrected chi connectivity index (χ1v) is 9.18. The Labute approximate surface area is 139 Å². The fourth-order valence-corrected chi connectivity index (χ4v) is 4.07. The molecule has 1 rings (SSSR count). The van der Waals surface area contributed by atoms with Crippen molar-refractivity contribution < 1.29 is 18.3 Å². The molecule has 0 saturated carbocycles. The summed E-state index contributed by atoms with van der Waals surface area (Å²) < 4.78 is 27.6. The largest absolute Gasteiger partial charge is 0.480 e. The van der Waals surface area contributed by atoms with E-state index in [-0.39, 0.29) is 11.3 Å². The van der Waals surface area contributed by atoms with Gasteiger partial charge < -0.3 is 10.0 Å². The molecule has 0 saturated heterocycles. The molecule has 1 aromatic rings. The molecule has 6 nitrogen and oxygen atoms in total. The third-order valence-corrected chi connectivity index (χ3v) is 5.63. The second-order valence-corrected chi connectivity index (χ2v) is 7.70. The molecule has 0 heterocycles. The van der Waals surface area contributed by atoms with Crippen molar-refractivity contribution in [3.8, 4) is 0 Å². The van der Waals surface area contributed by atoms with Crippen LogP contribution in [-0.2, 0) is 14.8 Å². The Morgan fingerprint density at radius 3 is 2.55 bits per heavy atom. The molecule has 0 aliphatic rings. The third-order valence-electron chi connectivity index (χ3n) is 3.16. The maximum absolute atomic E-state index is 12.5. The molecule has 1 atom stereocenters. The lowest BCUT2D eigenvalue weighted by atomic mass is 10.1. The molecule has 22 heavy (non-hydrogen) atoms. The lowest BCUT2D eigenvalue weighted by molar-refractivity contribution is -0.139. The van der Waals surface area contributed by atoms with Crippen LogP contribution in [-0.4, -0.2) is 39.6 Å². The van der Waals surface area contributed by atoms with E-state index in [0.717, 1.165) is 6.42 Å². The van der Waals surface area contributed by atoms with E-state index in [0.29, 0.717) is 16.6 Å².